The number of amides is 1. The predicted octanol–water partition coefficient (Wildman–Crippen LogP) is 3.36. The van der Waals surface area contributed by atoms with Gasteiger partial charge in [-0.15, -0.1) is 0 Å². The molecule has 1 aliphatic rings. The molecular weight excluding hydrogens is 337 g/mol. The molecule has 136 valence electrons. The van der Waals surface area contributed by atoms with Crippen LogP contribution in [0.25, 0.3) is 0 Å². The topological polar surface area (TPSA) is 64.2 Å². The zero-order chi connectivity index (χ0) is 18.2. The number of alkyl halides is 3. The molecule has 9 heteroatoms. The molecule has 1 fully saturated rings. The number of carbonyl (C=O) groups is 1. The molecule has 0 aliphatic carbocycles. The number of hydrogen-bond donors (Lipinski definition) is 0. The molecule has 0 spiro atoms. The summed E-state index contributed by atoms with van der Waals surface area (Å²) in [4.78, 5) is 14.3. The van der Waals surface area contributed by atoms with Gasteiger partial charge in [-0.05, 0) is 19.3 Å². The summed E-state index contributed by atoms with van der Waals surface area (Å²) in [7, 11) is 1.34. The molecule has 1 aliphatic heterocycles. The number of aryl methyl sites for hydroxylation is 2. The molecule has 6 nitrogen and oxygen atoms in total. The van der Waals surface area contributed by atoms with Gasteiger partial charge in [0, 0.05) is 32.1 Å². The fourth-order valence-electron chi connectivity index (χ4n) is 3.12. The van der Waals surface area contributed by atoms with Crippen molar-refractivity contribution in [2.75, 3.05) is 6.54 Å². The van der Waals surface area contributed by atoms with E-state index in [1.54, 1.807) is 4.90 Å². The van der Waals surface area contributed by atoms with Crippen LogP contribution in [0.5, 0.6) is 0 Å². The minimum absolute atomic E-state index is 0.0866. The van der Waals surface area contributed by atoms with Gasteiger partial charge in [0.25, 0.3) is 5.91 Å². The fraction of sp³-hybridized carbons (Fsp3) is 0.562. The van der Waals surface area contributed by atoms with Crippen LogP contribution in [0.2, 0.25) is 0 Å². The Morgan fingerprint density at radius 1 is 1.40 bits per heavy atom. The molecule has 0 radical (unpaired) electrons. The van der Waals surface area contributed by atoms with Crippen molar-refractivity contribution in [3.05, 3.63) is 35.0 Å². The lowest BCUT2D eigenvalue weighted by Crippen LogP contribution is -2.32. The minimum Gasteiger partial charge on any atom is -0.361 e. The van der Waals surface area contributed by atoms with Gasteiger partial charge in [-0.25, -0.2) is 0 Å². The lowest BCUT2D eigenvalue weighted by molar-refractivity contribution is -0.141. The number of hydrogen-bond acceptors (Lipinski definition) is 4. The average molecular weight is 356 g/mol. The van der Waals surface area contributed by atoms with E-state index >= 15 is 0 Å². The summed E-state index contributed by atoms with van der Waals surface area (Å²) in [5.74, 6) is 0.268. The molecular formula is C16H19F3N4O2. The maximum Gasteiger partial charge on any atom is 0.435 e. The van der Waals surface area contributed by atoms with Gasteiger partial charge < -0.3 is 9.42 Å². The quantitative estimate of drug-likeness (QED) is 0.843. The highest BCUT2D eigenvalue weighted by Crippen LogP contribution is 2.34. The van der Waals surface area contributed by atoms with E-state index in [1.165, 1.54) is 7.05 Å². The van der Waals surface area contributed by atoms with Gasteiger partial charge in [-0.1, -0.05) is 12.1 Å². The maximum atomic E-state index is 12.8. The Hall–Kier alpha value is -2.32. The van der Waals surface area contributed by atoms with Crippen molar-refractivity contribution in [2.24, 2.45) is 7.05 Å². The molecule has 0 unspecified atom stereocenters. The molecule has 1 saturated heterocycles. The van der Waals surface area contributed by atoms with Gasteiger partial charge in [-0.3, -0.25) is 9.48 Å². The molecule has 2 aromatic rings. The van der Waals surface area contributed by atoms with Crippen molar-refractivity contribution in [1.29, 1.82) is 0 Å². The molecule has 0 N–H and O–H groups in total. The van der Waals surface area contributed by atoms with Crippen LogP contribution in [0, 0.1) is 0 Å². The van der Waals surface area contributed by atoms with Crippen LogP contribution in [-0.4, -0.2) is 32.3 Å². The molecule has 2 aromatic heterocycles. The normalized spacial score (nSPS) is 18.1. The van der Waals surface area contributed by atoms with E-state index in [-0.39, 0.29) is 11.7 Å². The van der Waals surface area contributed by atoms with Crippen molar-refractivity contribution in [3.8, 4) is 0 Å². The summed E-state index contributed by atoms with van der Waals surface area (Å²) < 4.78 is 44.7. The van der Waals surface area contributed by atoms with Crippen molar-refractivity contribution in [2.45, 2.75) is 44.8 Å². The molecule has 0 saturated carbocycles. The Bertz CT molecular complexity index is 766. The molecule has 0 bridgehead atoms. The van der Waals surface area contributed by atoms with Gasteiger partial charge in [0.15, 0.2) is 5.69 Å². The Kier molecular flexibility index (Phi) is 4.57. The largest absolute Gasteiger partial charge is 0.435 e. The first kappa shape index (κ1) is 17.5. The second-order valence-electron chi connectivity index (χ2n) is 6.16. The van der Waals surface area contributed by atoms with Gasteiger partial charge >= 0.3 is 6.18 Å². The standard InChI is InChI=1S/C16H19F3N4O2/c1-3-5-10-8-11(21-25-10)12-6-4-7-23(12)15(24)13-9-14(16(17,18)19)20-22(13)2/h8-9,12H,3-7H2,1-2H3/t12-/m1/s1. The summed E-state index contributed by atoms with van der Waals surface area (Å²) in [5.41, 5.74) is -0.509. The molecule has 0 aromatic carbocycles. The number of halogens is 3. The molecule has 25 heavy (non-hydrogen) atoms. The zero-order valence-corrected chi connectivity index (χ0v) is 14.0. The SMILES string of the molecule is CCCc1cc([C@H]2CCCN2C(=O)c2cc(C(F)(F)F)nn2C)no1. The number of rotatable bonds is 4. The van der Waals surface area contributed by atoms with Gasteiger partial charge in [0.1, 0.15) is 17.1 Å². The van der Waals surface area contributed by atoms with Crippen molar-refractivity contribution in [1.82, 2.24) is 19.8 Å². The predicted molar refractivity (Wildman–Crippen MR) is 81.7 cm³/mol. The van der Waals surface area contributed by atoms with Crippen molar-refractivity contribution >= 4 is 5.91 Å². The van der Waals surface area contributed by atoms with E-state index in [4.69, 9.17) is 4.52 Å². The summed E-state index contributed by atoms with van der Waals surface area (Å²) in [6.45, 7) is 2.49. The maximum absolute atomic E-state index is 12.8. The molecule has 3 heterocycles. The highest BCUT2D eigenvalue weighted by Gasteiger charge is 2.38. The fourth-order valence-corrected chi connectivity index (χ4v) is 3.12. The van der Waals surface area contributed by atoms with Crippen LogP contribution < -0.4 is 0 Å². The Morgan fingerprint density at radius 2 is 2.16 bits per heavy atom. The second-order valence-corrected chi connectivity index (χ2v) is 6.16. The number of nitrogens with zero attached hydrogens (tertiary/aromatic N) is 4. The first-order valence-electron chi connectivity index (χ1n) is 8.19. The highest BCUT2D eigenvalue weighted by molar-refractivity contribution is 5.93. The molecule has 3 rings (SSSR count). The van der Waals surface area contributed by atoms with E-state index < -0.39 is 17.8 Å². The first-order chi connectivity index (χ1) is 11.8. The van der Waals surface area contributed by atoms with Gasteiger partial charge in [0.05, 0.1) is 6.04 Å². The zero-order valence-electron chi connectivity index (χ0n) is 14.0. The van der Waals surface area contributed by atoms with E-state index in [9.17, 15) is 18.0 Å². The molecule has 1 amide bonds. The van der Waals surface area contributed by atoms with E-state index in [2.05, 4.69) is 10.3 Å². The van der Waals surface area contributed by atoms with E-state index in [0.29, 0.717) is 18.7 Å². The highest BCUT2D eigenvalue weighted by atomic mass is 19.4. The molecule has 1 atom stereocenters. The lowest BCUT2D eigenvalue weighted by Gasteiger charge is -2.22. The van der Waals surface area contributed by atoms with Crippen LogP contribution in [-0.2, 0) is 19.6 Å². The summed E-state index contributed by atoms with van der Waals surface area (Å²) in [5, 5.41) is 7.45. The Labute approximate surface area is 142 Å². The summed E-state index contributed by atoms with van der Waals surface area (Å²) >= 11 is 0. The number of aromatic nitrogens is 3. The van der Waals surface area contributed by atoms with Crippen LogP contribution in [0.15, 0.2) is 16.7 Å². The average Bonchev–Trinajstić information content (AvgIpc) is 3.24. The monoisotopic (exact) mass is 356 g/mol. The third-order valence-electron chi connectivity index (χ3n) is 4.32. The van der Waals surface area contributed by atoms with Crippen molar-refractivity contribution in [3.63, 3.8) is 0 Å². The Morgan fingerprint density at radius 3 is 2.80 bits per heavy atom. The second kappa shape index (κ2) is 6.53. The third-order valence-corrected chi connectivity index (χ3v) is 4.32. The smallest absolute Gasteiger partial charge is 0.361 e. The van der Waals surface area contributed by atoms with Crippen LogP contribution >= 0.6 is 0 Å². The van der Waals surface area contributed by atoms with E-state index in [1.807, 2.05) is 13.0 Å². The van der Waals surface area contributed by atoms with Crippen LogP contribution in [0.3, 0.4) is 0 Å². The number of likely N-dealkylation sites (tertiary alicyclic amines) is 1. The third kappa shape index (κ3) is 3.40. The van der Waals surface area contributed by atoms with Crippen LogP contribution in [0.1, 0.15) is 59.9 Å². The minimum atomic E-state index is -4.58. The van der Waals surface area contributed by atoms with Crippen LogP contribution in [0.4, 0.5) is 13.2 Å². The number of carbonyl (C=O) groups excluding carboxylic acids is 1. The van der Waals surface area contributed by atoms with E-state index in [0.717, 1.165) is 35.8 Å². The van der Waals surface area contributed by atoms with Crippen molar-refractivity contribution < 1.29 is 22.5 Å². The summed E-state index contributed by atoms with van der Waals surface area (Å²) in [6, 6.07) is 2.33. The Balaban J connectivity index is 1.84. The van der Waals surface area contributed by atoms with Gasteiger partial charge in [0.2, 0.25) is 0 Å². The van der Waals surface area contributed by atoms with Gasteiger partial charge in [-0.2, -0.15) is 18.3 Å². The first-order valence-corrected chi connectivity index (χ1v) is 8.19. The summed E-state index contributed by atoms with van der Waals surface area (Å²) in [6.07, 6.45) is -1.45. The lowest BCUT2D eigenvalue weighted by atomic mass is 10.1.